The SMILES string of the molecule is NC(=O)CC[C@@H]1NC(=O)[C@H](Cc2ccccc2)NC(=O)[C@H](Cc2ccc(O)cc2)NC(=O)[C@@H](N)CSSC[C@@H](C(=O)N2CCCC2C(=O)N[C@@H](CCCN=C(N)N)C(=O)NCC(N)=O)NC(=O)[C@H](CC(N)=O)NC1=O. The number of guanidine groups is 1. The topological polar surface area (TPSA) is 464 Å². The summed E-state index contributed by atoms with van der Waals surface area (Å²) in [5, 5.41) is 27.6. The summed E-state index contributed by atoms with van der Waals surface area (Å²) >= 11 is 0. The van der Waals surface area contributed by atoms with Gasteiger partial charge in [0.15, 0.2) is 5.96 Å². The van der Waals surface area contributed by atoms with E-state index in [2.05, 4.69) is 42.2 Å². The molecule has 2 aromatic carbocycles. The van der Waals surface area contributed by atoms with Crippen molar-refractivity contribution in [2.45, 2.75) is 106 Å². The number of hydrogen-bond donors (Lipinski definition) is 14. The number of nitrogens with zero attached hydrogens (tertiary/aromatic N) is 2. The molecule has 2 fully saturated rings. The highest BCUT2D eigenvalue weighted by atomic mass is 33.1. The van der Waals surface area contributed by atoms with Crippen LogP contribution in [-0.2, 0) is 65.6 Å². The third-order valence-electron chi connectivity index (χ3n) is 11.6. The summed E-state index contributed by atoms with van der Waals surface area (Å²) in [5.74, 6) is -10.5. The van der Waals surface area contributed by atoms with E-state index in [1.54, 1.807) is 30.3 Å². The van der Waals surface area contributed by atoms with E-state index in [9.17, 15) is 57.8 Å². The molecule has 11 amide bonds. The molecule has 1 unspecified atom stereocenters. The number of aromatic hydroxyl groups is 1. The Morgan fingerprint density at radius 1 is 0.707 bits per heavy atom. The van der Waals surface area contributed by atoms with Gasteiger partial charge in [-0.2, -0.15) is 0 Å². The van der Waals surface area contributed by atoms with E-state index in [-0.39, 0.29) is 68.4 Å². The van der Waals surface area contributed by atoms with E-state index >= 15 is 0 Å². The van der Waals surface area contributed by atoms with Gasteiger partial charge in [0.05, 0.1) is 19.0 Å². The smallest absolute Gasteiger partial charge is 0.246 e. The maximum Gasteiger partial charge on any atom is 0.246 e. The first-order chi connectivity index (χ1) is 35.6. The van der Waals surface area contributed by atoms with Gasteiger partial charge in [0.1, 0.15) is 48.0 Å². The van der Waals surface area contributed by atoms with Crippen LogP contribution in [0.1, 0.15) is 56.1 Å². The molecule has 0 bridgehead atoms. The standard InChI is InChI=1S/C46H65N15O12S2/c47-27-22-74-75-23-33(45(73)61-17-5-9-34(61)44(72)56-28(8-4-16-53-46(51)52)39(67)54-21-37(50)65)60-43(71)32(20-36(49)64)59-40(68)29(14-15-35(48)63)55-41(69)31(18-24-6-2-1-3-7-24)58-42(70)30(57-38(27)66)19-25-10-12-26(62)13-11-25/h1-3,6-7,10-13,27-34,62H,4-5,8-9,14-23,47H2,(H2,48,63)(H2,49,64)(H2,50,65)(H,54,67)(H,55,69)(H,56,72)(H,57,66)(H,58,70)(H,59,68)(H,60,71)(H4,51,52,53)/t27-,28-,29-,30-,31-,32-,33-,34?/m0/s1. The molecule has 0 spiro atoms. The van der Waals surface area contributed by atoms with E-state index in [0.717, 1.165) is 21.6 Å². The number of amides is 11. The number of rotatable bonds is 19. The van der Waals surface area contributed by atoms with Gasteiger partial charge >= 0.3 is 0 Å². The van der Waals surface area contributed by atoms with Crippen molar-refractivity contribution in [2.24, 2.45) is 39.4 Å². The Morgan fingerprint density at radius 2 is 1.28 bits per heavy atom. The fraction of sp³-hybridized carbons (Fsp3) is 0.478. The number of benzene rings is 2. The van der Waals surface area contributed by atoms with Gasteiger partial charge in [-0.05, 0) is 55.4 Å². The molecule has 4 rings (SSSR count). The maximum atomic E-state index is 14.6. The predicted molar refractivity (Wildman–Crippen MR) is 276 cm³/mol. The van der Waals surface area contributed by atoms with E-state index in [4.69, 9.17) is 34.4 Å². The summed E-state index contributed by atoms with van der Waals surface area (Å²) in [6.45, 7) is -0.443. The molecule has 0 saturated carbocycles. The molecule has 0 radical (unpaired) electrons. The van der Waals surface area contributed by atoms with Gasteiger partial charge in [-0.15, -0.1) is 0 Å². The maximum absolute atomic E-state index is 14.6. The Balaban J connectivity index is 1.71. The van der Waals surface area contributed by atoms with Crippen LogP contribution in [0, 0.1) is 0 Å². The highest BCUT2D eigenvalue weighted by Crippen LogP contribution is 2.26. The number of likely N-dealkylation sites (tertiary alicyclic amines) is 1. The number of carbonyl (C=O) groups excluding carboxylic acids is 11. The van der Waals surface area contributed by atoms with Crippen LogP contribution in [-0.4, -0.2) is 160 Å². The number of nitrogens with one attached hydrogen (secondary N) is 7. The third-order valence-corrected chi connectivity index (χ3v) is 14.1. The Labute approximate surface area is 439 Å². The number of phenolic OH excluding ortho intramolecular Hbond substituents is 1. The predicted octanol–water partition coefficient (Wildman–Crippen LogP) is -5.40. The first kappa shape index (κ1) is 59.9. The number of aliphatic imine (C=N–C) groups is 1. The van der Waals surface area contributed by atoms with Crippen molar-refractivity contribution in [2.75, 3.05) is 31.1 Å². The van der Waals surface area contributed by atoms with Crippen LogP contribution in [0.5, 0.6) is 5.75 Å². The molecule has 29 heteroatoms. The summed E-state index contributed by atoms with van der Waals surface area (Å²) in [5.41, 5.74) is 34.4. The molecular weight excluding hydrogens is 1020 g/mol. The number of hydrogen-bond acceptors (Lipinski definition) is 16. The molecule has 75 heavy (non-hydrogen) atoms. The molecule has 0 aliphatic carbocycles. The van der Waals surface area contributed by atoms with E-state index in [0.29, 0.717) is 17.5 Å². The van der Waals surface area contributed by atoms with Crippen LogP contribution in [0.4, 0.5) is 0 Å². The van der Waals surface area contributed by atoms with Crippen LogP contribution in [0.2, 0.25) is 0 Å². The van der Waals surface area contributed by atoms with Crippen LogP contribution >= 0.6 is 21.6 Å². The molecule has 27 nitrogen and oxygen atoms in total. The molecule has 8 atom stereocenters. The van der Waals surface area contributed by atoms with Crippen molar-refractivity contribution < 1.29 is 57.8 Å². The van der Waals surface area contributed by atoms with E-state index in [1.165, 1.54) is 29.2 Å². The lowest BCUT2D eigenvalue weighted by Gasteiger charge is -2.31. The first-order valence-electron chi connectivity index (χ1n) is 23.7. The monoisotopic (exact) mass is 1080 g/mol. The minimum absolute atomic E-state index is 0.00106. The summed E-state index contributed by atoms with van der Waals surface area (Å²) in [6, 6.07) is 2.80. The second-order valence-corrected chi connectivity index (χ2v) is 20.2. The molecule has 2 saturated heterocycles. The minimum atomic E-state index is -1.80. The summed E-state index contributed by atoms with van der Waals surface area (Å²) in [6.07, 6.45) is -1.38. The molecule has 408 valence electrons. The Morgan fingerprint density at radius 3 is 1.89 bits per heavy atom. The van der Waals surface area contributed by atoms with Crippen LogP contribution < -0.4 is 71.6 Å². The van der Waals surface area contributed by atoms with Crippen molar-refractivity contribution in [1.29, 1.82) is 0 Å². The Hall–Kier alpha value is -7.66. The summed E-state index contributed by atoms with van der Waals surface area (Å²) in [4.78, 5) is 153. The number of phenols is 1. The van der Waals surface area contributed by atoms with Crippen molar-refractivity contribution in [3.05, 3.63) is 65.7 Å². The fourth-order valence-electron chi connectivity index (χ4n) is 7.80. The quantitative estimate of drug-likeness (QED) is 0.0270. The van der Waals surface area contributed by atoms with Crippen molar-refractivity contribution in [3.8, 4) is 5.75 Å². The third kappa shape index (κ3) is 20.3. The van der Waals surface area contributed by atoms with Gasteiger partial charge in [-0.25, -0.2) is 0 Å². The van der Waals surface area contributed by atoms with Crippen molar-refractivity contribution >= 4 is 92.5 Å². The lowest BCUT2D eigenvalue weighted by atomic mass is 10.0. The number of nitrogens with two attached hydrogens (primary N) is 6. The second kappa shape index (κ2) is 29.9. The largest absolute Gasteiger partial charge is 0.508 e. The molecular formula is C46H65N15O12S2. The summed E-state index contributed by atoms with van der Waals surface area (Å²) < 4.78 is 0. The lowest BCUT2D eigenvalue weighted by molar-refractivity contribution is -0.142. The molecule has 0 aromatic heterocycles. The van der Waals surface area contributed by atoms with Gasteiger partial charge in [-0.3, -0.25) is 57.7 Å². The first-order valence-corrected chi connectivity index (χ1v) is 26.2. The van der Waals surface area contributed by atoms with Crippen LogP contribution in [0.15, 0.2) is 59.6 Å². The molecule has 2 heterocycles. The Bertz CT molecular complexity index is 2420. The van der Waals surface area contributed by atoms with Crippen molar-refractivity contribution in [1.82, 2.24) is 42.1 Å². The molecule has 2 aliphatic rings. The normalized spacial score (nSPS) is 22.6. The number of carbonyl (C=O) groups is 11. The van der Waals surface area contributed by atoms with E-state index in [1.807, 2.05) is 0 Å². The van der Waals surface area contributed by atoms with Gasteiger partial charge in [0, 0.05) is 43.9 Å². The Kier molecular flexibility index (Phi) is 23.9. The highest BCUT2D eigenvalue weighted by Gasteiger charge is 2.40. The van der Waals surface area contributed by atoms with Crippen molar-refractivity contribution in [3.63, 3.8) is 0 Å². The van der Waals surface area contributed by atoms with Gasteiger partial charge in [0.2, 0.25) is 65.0 Å². The van der Waals surface area contributed by atoms with Gasteiger partial charge in [-0.1, -0.05) is 64.1 Å². The van der Waals surface area contributed by atoms with Gasteiger partial charge in [0.25, 0.3) is 0 Å². The summed E-state index contributed by atoms with van der Waals surface area (Å²) in [7, 11) is 1.99. The zero-order valence-corrected chi connectivity index (χ0v) is 42.5. The van der Waals surface area contributed by atoms with Crippen LogP contribution in [0.25, 0.3) is 0 Å². The second-order valence-electron chi connectivity index (χ2n) is 17.6. The fourth-order valence-corrected chi connectivity index (χ4v) is 10.1. The zero-order valence-electron chi connectivity index (χ0n) is 40.8. The minimum Gasteiger partial charge on any atom is -0.508 e. The molecule has 2 aromatic rings. The van der Waals surface area contributed by atoms with Crippen LogP contribution in [0.3, 0.4) is 0 Å². The average Bonchev–Trinajstić information content (AvgIpc) is 3.86. The average molecular weight is 1080 g/mol. The number of primary amides is 3. The lowest BCUT2D eigenvalue weighted by Crippen LogP contribution is -2.61. The highest BCUT2D eigenvalue weighted by molar-refractivity contribution is 8.76. The molecule has 2 aliphatic heterocycles. The van der Waals surface area contributed by atoms with E-state index < -0.39 is 139 Å². The zero-order chi connectivity index (χ0) is 55.2. The molecule has 20 N–H and O–H groups in total. The van der Waals surface area contributed by atoms with Gasteiger partial charge < -0.3 is 81.6 Å².